The number of hydrogen-bond donors (Lipinski definition) is 0. The van der Waals surface area contributed by atoms with E-state index >= 15 is 0 Å². The van der Waals surface area contributed by atoms with E-state index in [4.69, 9.17) is 27.9 Å². The van der Waals surface area contributed by atoms with Gasteiger partial charge in [-0.05, 0) is 31.5 Å². The zero-order valence-corrected chi connectivity index (χ0v) is 16.2. The SMILES string of the molecule is CCOC(=O)c1sc2ncn(/N=C\c3ccc(Cl)cc3Cl)c(=O)c2c1C. The Morgan fingerprint density at radius 3 is 2.88 bits per heavy atom. The lowest BCUT2D eigenvalue weighted by Gasteiger charge is -2.01. The molecule has 0 saturated heterocycles. The number of esters is 1. The summed E-state index contributed by atoms with van der Waals surface area (Å²) in [6.45, 7) is 3.68. The van der Waals surface area contributed by atoms with E-state index in [2.05, 4.69) is 10.1 Å². The van der Waals surface area contributed by atoms with Gasteiger partial charge in [0.25, 0.3) is 5.56 Å². The summed E-state index contributed by atoms with van der Waals surface area (Å²) in [4.78, 5) is 29.8. The fourth-order valence-electron chi connectivity index (χ4n) is 2.32. The van der Waals surface area contributed by atoms with Crippen LogP contribution >= 0.6 is 34.5 Å². The van der Waals surface area contributed by atoms with Crippen molar-refractivity contribution in [3.8, 4) is 0 Å². The lowest BCUT2D eigenvalue weighted by molar-refractivity contribution is 0.0531. The van der Waals surface area contributed by atoms with Crippen molar-refractivity contribution in [2.24, 2.45) is 5.10 Å². The molecule has 2 aromatic heterocycles. The number of carbonyl (C=O) groups is 1. The molecule has 0 spiro atoms. The zero-order valence-electron chi connectivity index (χ0n) is 13.8. The van der Waals surface area contributed by atoms with Crippen LogP contribution in [-0.2, 0) is 4.74 Å². The van der Waals surface area contributed by atoms with Crippen molar-refractivity contribution in [1.29, 1.82) is 0 Å². The Morgan fingerprint density at radius 1 is 1.42 bits per heavy atom. The fraction of sp³-hybridized carbons (Fsp3) is 0.176. The molecule has 1 aromatic carbocycles. The highest BCUT2D eigenvalue weighted by molar-refractivity contribution is 7.20. The van der Waals surface area contributed by atoms with Crippen LogP contribution in [0.25, 0.3) is 10.2 Å². The first-order chi connectivity index (χ1) is 12.4. The lowest BCUT2D eigenvalue weighted by atomic mass is 10.2. The lowest BCUT2D eigenvalue weighted by Crippen LogP contribution is -2.17. The fourth-order valence-corrected chi connectivity index (χ4v) is 3.81. The van der Waals surface area contributed by atoms with E-state index in [0.717, 1.165) is 16.0 Å². The third-order valence-corrected chi connectivity index (χ3v) is 5.32. The molecule has 0 saturated carbocycles. The molecule has 0 aliphatic heterocycles. The molecule has 134 valence electrons. The van der Waals surface area contributed by atoms with Gasteiger partial charge in [0.05, 0.1) is 23.2 Å². The monoisotopic (exact) mass is 409 g/mol. The minimum atomic E-state index is -0.463. The second-order valence-corrected chi connectivity index (χ2v) is 7.10. The van der Waals surface area contributed by atoms with Crippen LogP contribution in [0.15, 0.2) is 34.4 Å². The Hall–Kier alpha value is -2.22. The van der Waals surface area contributed by atoms with E-state index in [1.54, 1.807) is 32.0 Å². The van der Waals surface area contributed by atoms with Crippen molar-refractivity contribution in [1.82, 2.24) is 9.66 Å². The molecule has 0 radical (unpaired) electrons. The Bertz CT molecular complexity index is 1090. The summed E-state index contributed by atoms with van der Waals surface area (Å²) in [6.07, 6.45) is 2.75. The molecule has 6 nitrogen and oxygen atoms in total. The predicted octanol–water partition coefficient (Wildman–Crippen LogP) is 4.13. The van der Waals surface area contributed by atoms with Gasteiger partial charge in [0.1, 0.15) is 16.0 Å². The predicted molar refractivity (Wildman–Crippen MR) is 104 cm³/mol. The van der Waals surface area contributed by atoms with E-state index in [9.17, 15) is 9.59 Å². The zero-order chi connectivity index (χ0) is 18.8. The van der Waals surface area contributed by atoms with Gasteiger partial charge >= 0.3 is 5.97 Å². The summed E-state index contributed by atoms with van der Waals surface area (Å²) in [5.41, 5.74) is 0.771. The molecule has 9 heteroatoms. The van der Waals surface area contributed by atoms with Gasteiger partial charge in [-0.15, -0.1) is 11.3 Å². The number of aromatic nitrogens is 2. The summed E-state index contributed by atoms with van der Waals surface area (Å²) in [5.74, 6) is -0.463. The number of halogens is 2. The first kappa shape index (κ1) is 18.6. The van der Waals surface area contributed by atoms with Crippen LogP contribution < -0.4 is 5.56 Å². The molecule has 2 heterocycles. The van der Waals surface area contributed by atoms with Gasteiger partial charge in [0, 0.05) is 10.6 Å². The quantitative estimate of drug-likeness (QED) is 0.479. The molecule has 3 rings (SSSR count). The van der Waals surface area contributed by atoms with Crippen LogP contribution in [0.1, 0.15) is 27.7 Å². The summed E-state index contributed by atoms with van der Waals surface area (Å²) in [6, 6.07) is 4.96. The first-order valence-corrected chi connectivity index (χ1v) is 9.17. The Labute approximate surface area is 162 Å². The van der Waals surface area contributed by atoms with Crippen LogP contribution in [0.5, 0.6) is 0 Å². The third kappa shape index (κ3) is 3.51. The van der Waals surface area contributed by atoms with E-state index in [1.807, 2.05) is 0 Å². The van der Waals surface area contributed by atoms with E-state index in [0.29, 0.717) is 36.3 Å². The Kier molecular flexibility index (Phi) is 5.41. The molecule has 0 aliphatic rings. The molecule has 0 N–H and O–H groups in total. The molecular formula is C17H13Cl2N3O3S. The smallest absolute Gasteiger partial charge is 0.348 e. The van der Waals surface area contributed by atoms with Crippen molar-refractivity contribution >= 4 is 56.9 Å². The summed E-state index contributed by atoms with van der Waals surface area (Å²) < 4.78 is 6.12. The number of rotatable bonds is 4. The molecule has 0 amide bonds. The molecule has 0 aliphatic carbocycles. The first-order valence-electron chi connectivity index (χ1n) is 7.59. The second-order valence-electron chi connectivity index (χ2n) is 5.26. The van der Waals surface area contributed by atoms with Crippen LogP contribution in [-0.4, -0.2) is 28.5 Å². The topological polar surface area (TPSA) is 73.5 Å². The molecular weight excluding hydrogens is 397 g/mol. The normalized spacial score (nSPS) is 11.4. The van der Waals surface area contributed by atoms with Crippen molar-refractivity contribution in [3.63, 3.8) is 0 Å². The average Bonchev–Trinajstić information content (AvgIpc) is 2.93. The average molecular weight is 410 g/mol. The Morgan fingerprint density at radius 2 is 2.19 bits per heavy atom. The molecule has 0 atom stereocenters. The highest BCUT2D eigenvalue weighted by atomic mass is 35.5. The van der Waals surface area contributed by atoms with E-state index in [1.165, 1.54) is 12.5 Å². The highest BCUT2D eigenvalue weighted by Gasteiger charge is 2.20. The molecule has 0 unspecified atom stereocenters. The number of thiophene rings is 1. The standard InChI is InChI=1S/C17H13Cl2N3O3S/c1-3-25-17(24)14-9(2)13-15(26-14)20-8-22(16(13)23)21-7-10-4-5-11(18)6-12(10)19/h4-8H,3H2,1-2H3/b21-7-. The molecule has 0 fully saturated rings. The number of nitrogens with zero attached hydrogens (tertiary/aromatic N) is 3. The maximum absolute atomic E-state index is 12.7. The number of aryl methyl sites for hydroxylation is 1. The minimum Gasteiger partial charge on any atom is -0.462 e. The molecule has 0 bridgehead atoms. The number of ether oxygens (including phenoxy) is 1. The van der Waals surface area contributed by atoms with Gasteiger partial charge in [-0.2, -0.15) is 9.78 Å². The number of hydrogen-bond acceptors (Lipinski definition) is 6. The van der Waals surface area contributed by atoms with Gasteiger partial charge in [-0.1, -0.05) is 29.3 Å². The van der Waals surface area contributed by atoms with Gasteiger partial charge < -0.3 is 4.74 Å². The van der Waals surface area contributed by atoms with Gasteiger partial charge in [0.2, 0.25) is 0 Å². The molecule has 26 heavy (non-hydrogen) atoms. The summed E-state index contributed by atoms with van der Waals surface area (Å²) in [5, 5.41) is 5.40. The Balaban J connectivity index is 2.04. The maximum atomic E-state index is 12.7. The van der Waals surface area contributed by atoms with Crippen LogP contribution in [0.3, 0.4) is 0 Å². The van der Waals surface area contributed by atoms with Crippen molar-refractivity contribution in [2.45, 2.75) is 13.8 Å². The van der Waals surface area contributed by atoms with Gasteiger partial charge in [-0.3, -0.25) is 4.79 Å². The maximum Gasteiger partial charge on any atom is 0.348 e. The van der Waals surface area contributed by atoms with Crippen LogP contribution in [0.2, 0.25) is 10.0 Å². The largest absolute Gasteiger partial charge is 0.462 e. The highest BCUT2D eigenvalue weighted by Crippen LogP contribution is 2.27. The van der Waals surface area contributed by atoms with Gasteiger partial charge in [-0.25, -0.2) is 9.78 Å². The van der Waals surface area contributed by atoms with Gasteiger partial charge in [0.15, 0.2) is 0 Å². The minimum absolute atomic E-state index is 0.260. The van der Waals surface area contributed by atoms with Crippen molar-refractivity contribution < 1.29 is 9.53 Å². The molecule has 3 aromatic rings. The number of fused-ring (bicyclic) bond motifs is 1. The van der Waals surface area contributed by atoms with Crippen molar-refractivity contribution in [3.05, 3.63) is 60.9 Å². The summed E-state index contributed by atoms with van der Waals surface area (Å²) >= 11 is 13.1. The van der Waals surface area contributed by atoms with E-state index < -0.39 is 5.97 Å². The summed E-state index contributed by atoms with van der Waals surface area (Å²) in [7, 11) is 0. The van der Waals surface area contributed by atoms with Crippen molar-refractivity contribution in [2.75, 3.05) is 6.61 Å². The van der Waals surface area contributed by atoms with E-state index in [-0.39, 0.29) is 12.2 Å². The second kappa shape index (κ2) is 7.57. The number of benzene rings is 1. The third-order valence-electron chi connectivity index (χ3n) is 3.58. The van der Waals surface area contributed by atoms with Crippen LogP contribution in [0, 0.1) is 6.92 Å². The number of carbonyl (C=O) groups excluding carboxylic acids is 1. The van der Waals surface area contributed by atoms with Crippen LogP contribution in [0.4, 0.5) is 0 Å².